The van der Waals surface area contributed by atoms with Crippen molar-refractivity contribution in [2.45, 2.75) is 71.9 Å². The van der Waals surface area contributed by atoms with Gasteiger partial charge in [-0.25, -0.2) is 4.79 Å². The van der Waals surface area contributed by atoms with Gasteiger partial charge in [-0.05, 0) is 55.6 Å². The van der Waals surface area contributed by atoms with Crippen molar-refractivity contribution < 1.29 is 19.2 Å². The lowest BCUT2D eigenvalue weighted by Gasteiger charge is -2.38. The van der Waals surface area contributed by atoms with Crippen LogP contribution in [0.5, 0.6) is 0 Å². The van der Waals surface area contributed by atoms with Crippen LogP contribution in [-0.4, -0.2) is 28.9 Å². The Hall–Kier alpha value is -2.44. The van der Waals surface area contributed by atoms with Crippen molar-refractivity contribution in [2.24, 2.45) is 17.8 Å². The molecule has 1 amide bonds. The summed E-state index contributed by atoms with van der Waals surface area (Å²) in [5.74, 6) is 0.696. The van der Waals surface area contributed by atoms with Gasteiger partial charge in [0.25, 0.3) is 5.69 Å². The Morgan fingerprint density at radius 2 is 1.97 bits per heavy atom. The lowest BCUT2D eigenvalue weighted by Crippen LogP contribution is -2.48. The molecule has 4 unspecified atom stereocenters. The predicted molar refractivity (Wildman–Crippen MR) is 110 cm³/mol. The van der Waals surface area contributed by atoms with Crippen molar-refractivity contribution in [2.75, 3.05) is 4.90 Å². The van der Waals surface area contributed by atoms with E-state index >= 15 is 0 Å². The first-order valence-electron chi connectivity index (χ1n) is 10.5. The van der Waals surface area contributed by atoms with Gasteiger partial charge in [-0.15, -0.1) is 0 Å². The lowest BCUT2D eigenvalue weighted by molar-refractivity contribution is -0.384. The number of carbonyl (C=O) groups excluding carboxylic acids is 2. The van der Waals surface area contributed by atoms with E-state index in [-0.39, 0.29) is 24.1 Å². The summed E-state index contributed by atoms with van der Waals surface area (Å²) in [7, 11) is 0. The van der Waals surface area contributed by atoms with E-state index in [1.807, 2.05) is 0 Å². The van der Waals surface area contributed by atoms with Crippen molar-refractivity contribution in [3.05, 3.63) is 33.9 Å². The summed E-state index contributed by atoms with van der Waals surface area (Å²) in [5, 5.41) is 11.1. The Balaban J connectivity index is 1.80. The SMILES string of the molecule is CC1CCC(C(C)C)C(OC(=O)C(C)N2C(=O)CCc3cc([N+](=O)[O-])ccc32)C1. The monoisotopic (exact) mass is 402 g/mol. The number of nitro groups is 1. The number of ether oxygens (including phenoxy) is 1. The standard InChI is InChI=1S/C22H30N2O5/c1-13(2)18-8-5-14(3)11-20(18)29-22(26)15(4)23-19-9-7-17(24(27)28)12-16(19)6-10-21(23)25/h7,9,12-15,18,20H,5-6,8,10-11H2,1-4H3. The number of hydrogen-bond acceptors (Lipinski definition) is 5. The van der Waals surface area contributed by atoms with Gasteiger partial charge in [-0.2, -0.15) is 0 Å². The van der Waals surface area contributed by atoms with Crippen LogP contribution in [0.1, 0.15) is 58.9 Å². The van der Waals surface area contributed by atoms with Gasteiger partial charge in [0.1, 0.15) is 12.1 Å². The maximum atomic E-state index is 13.0. The number of amides is 1. The van der Waals surface area contributed by atoms with Gasteiger partial charge in [0.15, 0.2) is 0 Å². The molecule has 3 rings (SSSR count). The maximum Gasteiger partial charge on any atom is 0.329 e. The molecule has 1 aliphatic heterocycles. The highest BCUT2D eigenvalue weighted by Crippen LogP contribution is 2.37. The molecule has 7 nitrogen and oxygen atoms in total. The zero-order valence-electron chi connectivity index (χ0n) is 17.6. The third-order valence-electron chi connectivity index (χ3n) is 6.37. The maximum absolute atomic E-state index is 13.0. The zero-order chi connectivity index (χ0) is 21.3. The average Bonchev–Trinajstić information content (AvgIpc) is 2.66. The molecular formula is C22H30N2O5. The van der Waals surface area contributed by atoms with E-state index in [9.17, 15) is 19.7 Å². The predicted octanol–water partition coefficient (Wildman–Crippen LogP) is 4.27. The number of aryl methyl sites for hydroxylation is 1. The third kappa shape index (κ3) is 4.43. The van der Waals surface area contributed by atoms with Crippen molar-refractivity contribution >= 4 is 23.3 Å². The Morgan fingerprint density at radius 3 is 2.62 bits per heavy atom. The number of rotatable bonds is 5. The molecular weight excluding hydrogens is 372 g/mol. The van der Waals surface area contributed by atoms with Crippen LogP contribution in [0.4, 0.5) is 11.4 Å². The highest BCUT2D eigenvalue weighted by molar-refractivity contribution is 6.01. The highest BCUT2D eigenvalue weighted by atomic mass is 16.6. The molecule has 1 aliphatic carbocycles. The molecule has 0 N–H and O–H groups in total. The minimum Gasteiger partial charge on any atom is -0.461 e. The molecule has 0 bridgehead atoms. The minimum atomic E-state index is -0.770. The van der Waals surface area contributed by atoms with E-state index in [4.69, 9.17) is 4.74 Å². The molecule has 158 valence electrons. The normalized spacial score (nSPS) is 25.5. The average molecular weight is 402 g/mol. The van der Waals surface area contributed by atoms with Crippen LogP contribution in [0.2, 0.25) is 0 Å². The molecule has 1 aromatic carbocycles. The smallest absolute Gasteiger partial charge is 0.329 e. The molecule has 0 saturated heterocycles. The Morgan fingerprint density at radius 1 is 1.24 bits per heavy atom. The number of carbonyl (C=O) groups is 2. The summed E-state index contributed by atoms with van der Waals surface area (Å²) >= 11 is 0. The van der Waals surface area contributed by atoms with Gasteiger partial charge in [-0.1, -0.05) is 27.2 Å². The summed E-state index contributed by atoms with van der Waals surface area (Å²) in [6, 6.07) is 3.66. The van der Waals surface area contributed by atoms with E-state index < -0.39 is 16.9 Å². The number of nitrogens with zero attached hydrogens (tertiary/aromatic N) is 2. The Labute approximate surface area is 171 Å². The summed E-state index contributed by atoms with van der Waals surface area (Å²) < 4.78 is 5.93. The van der Waals surface area contributed by atoms with Crippen LogP contribution in [0, 0.1) is 27.9 Å². The number of non-ortho nitro benzene ring substituents is 1. The molecule has 1 saturated carbocycles. The van der Waals surface area contributed by atoms with E-state index in [1.165, 1.54) is 17.0 Å². The first-order valence-corrected chi connectivity index (χ1v) is 10.5. The first kappa shape index (κ1) is 21.3. The van der Waals surface area contributed by atoms with E-state index in [2.05, 4.69) is 20.8 Å². The number of hydrogen-bond donors (Lipinski definition) is 0. The number of benzene rings is 1. The molecule has 1 fully saturated rings. The van der Waals surface area contributed by atoms with Crippen molar-refractivity contribution in [3.63, 3.8) is 0 Å². The minimum absolute atomic E-state index is 0.00996. The number of fused-ring (bicyclic) bond motifs is 1. The molecule has 0 radical (unpaired) electrons. The van der Waals surface area contributed by atoms with E-state index in [1.54, 1.807) is 13.0 Å². The summed E-state index contributed by atoms with van der Waals surface area (Å²) in [6.45, 7) is 8.16. The zero-order valence-corrected chi connectivity index (χ0v) is 17.6. The van der Waals surface area contributed by atoms with Gasteiger partial charge < -0.3 is 4.74 Å². The molecule has 7 heteroatoms. The van der Waals surface area contributed by atoms with Gasteiger partial charge in [0.2, 0.25) is 5.91 Å². The first-order chi connectivity index (χ1) is 13.7. The molecule has 2 aliphatic rings. The molecule has 4 atom stereocenters. The largest absolute Gasteiger partial charge is 0.461 e. The number of esters is 1. The molecule has 1 aromatic rings. The van der Waals surface area contributed by atoms with Crippen molar-refractivity contribution in [1.29, 1.82) is 0 Å². The van der Waals surface area contributed by atoms with Crippen molar-refractivity contribution in [1.82, 2.24) is 0 Å². The third-order valence-corrected chi connectivity index (χ3v) is 6.37. The second kappa shape index (κ2) is 8.51. The van der Waals surface area contributed by atoms with Crippen LogP contribution < -0.4 is 4.90 Å². The number of anilines is 1. The topological polar surface area (TPSA) is 89.8 Å². The lowest BCUT2D eigenvalue weighted by atomic mass is 9.75. The quantitative estimate of drug-likeness (QED) is 0.417. The summed E-state index contributed by atoms with van der Waals surface area (Å²) in [5.41, 5.74) is 1.27. The summed E-state index contributed by atoms with van der Waals surface area (Å²) in [6.07, 6.45) is 3.55. The number of nitro benzene ring substituents is 1. The van der Waals surface area contributed by atoms with Gasteiger partial charge in [-0.3, -0.25) is 19.8 Å². The fraction of sp³-hybridized carbons (Fsp3) is 0.636. The second-order valence-electron chi connectivity index (χ2n) is 8.81. The Kier molecular flexibility index (Phi) is 6.24. The van der Waals surface area contributed by atoms with Crippen LogP contribution in [0.3, 0.4) is 0 Å². The summed E-state index contributed by atoms with van der Waals surface area (Å²) in [4.78, 5) is 37.7. The van der Waals surface area contributed by atoms with Gasteiger partial charge in [0.05, 0.1) is 4.92 Å². The van der Waals surface area contributed by atoms with Crippen molar-refractivity contribution in [3.8, 4) is 0 Å². The van der Waals surface area contributed by atoms with Crippen LogP contribution in [-0.2, 0) is 20.7 Å². The molecule has 29 heavy (non-hydrogen) atoms. The van der Waals surface area contributed by atoms with Gasteiger partial charge in [0, 0.05) is 24.2 Å². The van der Waals surface area contributed by atoms with E-state index in [0.29, 0.717) is 35.4 Å². The Bertz CT molecular complexity index is 806. The van der Waals surface area contributed by atoms with Crippen LogP contribution in [0.15, 0.2) is 18.2 Å². The fourth-order valence-electron chi connectivity index (χ4n) is 4.65. The van der Waals surface area contributed by atoms with Crippen LogP contribution in [0.25, 0.3) is 0 Å². The second-order valence-corrected chi connectivity index (χ2v) is 8.81. The highest BCUT2D eigenvalue weighted by Gasteiger charge is 2.38. The van der Waals surface area contributed by atoms with E-state index in [0.717, 1.165) is 19.3 Å². The molecule has 1 heterocycles. The van der Waals surface area contributed by atoms with Gasteiger partial charge >= 0.3 is 5.97 Å². The molecule has 0 spiro atoms. The molecule has 0 aromatic heterocycles. The fourth-order valence-corrected chi connectivity index (χ4v) is 4.65. The van der Waals surface area contributed by atoms with Crippen LogP contribution >= 0.6 is 0 Å².